The molecule has 2 aromatic carbocycles. The summed E-state index contributed by atoms with van der Waals surface area (Å²) in [4.78, 5) is 4.36. The SMILES string of the molecule is [CH2]c1c(-c2ccccc2)ccc2scnc12. The molecule has 3 rings (SSSR count). The molecule has 0 atom stereocenters. The normalized spacial score (nSPS) is 10.8. The second-order valence-corrected chi connectivity index (χ2v) is 4.54. The van der Waals surface area contributed by atoms with E-state index in [0.29, 0.717) is 0 Å². The molecule has 0 saturated carbocycles. The van der Waals surface area contributed by atoms with E-state index in [2.05, 4.69) is 36.2 Å². The zero-order valence-corrected chi connectivity index (χ0v) is 9.50. The first kappa shape index (κ1) is 9.55. The lowest BCUT2D eigenvalue weighted by atomic mass is 10.00. The summed E-state index contributed by atoms with van der Waals surface area (Å²) >= 11 is 1.65. The minimum atomic E-state index is 1.02. The lowest BCUT2D eigenvalue weighted by Crippen LogP contribution is -1.84. The number of thiazole rings is 1. The molecule has 1 aromatic heterocycles. The van der Waals surface area contributed by atoms with Crippen molar-refractivity contribution in [2.24, 2.45) is 0 Å². The van der Waals surface area contributed by atoms with Crippen molar-refractivity contribution in [2.45, 2.75) is 0 Å². The van der Waals surface area contributed by atoms with Crippen molar-refractivity contribution in [3.05, 3.63) is 60.5 Å². The van der Waals surface area contributed by atoms with Crippen LogP contribution in [0.1, 0.15) is 5.56 Å². The predicted octanol–water partition coefficient (Wildman–Crippen LogP) is 4.15. The highest BCUT2D eigenvalue weighted by Gasteiger charge is 2.06. The number of fused-ring (bicyclic) bond motifs is 1. The minimum absolute atomic E-state index is 1.02. The summed E-state index contributed by atoms with van der Waals surface area (Å²) in [6.45, 7) is 4.14. The Morgan fingerprint density at radius 1 is 1.00 bits per heavy atom. The number of aromatic nitrogens is 1. The van der Waals surface area contributed by atoms with Crippen LogP contribution in [-0.4, -0.2) is 4.98 Å². The van der Waals surface area contributed by atoms with Crippen molar-refractivity contribution in [3.63, 3.8) is 0 Å². The van der Waals surface area contributed by atoms with Crippen LogP contribution in [-0.2, 0) is 0 Å². The number of nitrogens with zero attached hydrogens (tertiary/aromatic N) is 1. The summed E-state index contributed by atoms with van der Waals surface area (Å²) in [7, 11) is 0. The van der Waals surface area contributed by atoms with Crippen LogP contribution in [0.3, 0.4) is 0 Å². The van der Waals surface area contributed by atoms with Gasteiger partial charge in [-0.1, -0.05) is 36.4 Å². The topological polar surface area (TPSA) is 12.9 Å². The summed E-state index contributed by atoms with van der Waals surface area (Å²) < 4.78 is 1.20. The monoisotopic (exact) mass is 224 g/mol. The molecule has 0 aliphatic rings. The van der Waals surface area contributed by atoms with Crippen LogP contribution >= 0.6 is 11.3 Å². The molecule has 0 unspecified atom stereocenters. The van der Waals surface area contributed by atoms with Gasteiger partial charge < -0.3 is 0 Å². The fourth-order valence-electron chi connectivity index (χ4n) is 1.88. The number of rotatable bonds is 1. The van der Waals surface area contributed by atoms with E-state index in [9.17, 15) is 0 Å². The highest BCUT2D eigenvalue weighted by molar-refractivity contribution is 7.16. The Labute approximate surface area is 98.4 Å². The van der Waals surface area contributed by atoms with E-state index in [1.165, 1.54) is 15.8 Å². The molecule has 1 nitrogen and oxygen atoms in total. The van der Waals surface area contributed by atoms with Gasteiger partial charge in [-0.25, -0.2) is 4.98 Å². The number of hydrogen-bond acceptors (Lipinski definition) is 2. The lowest BCUT2D eigenvalue weighted by Gasteiger charge is -2.05. The maximum Gasteiger partial charge on any atom is 0.0850 e. The first-order valence-corrected chi connectivity index (χ1v) is 5.98. The van der Waals surface area contributed by atoms with E-state index in [4.69, 9.17) is 0 Å². The fraction of sp³-hybridized carbons (Fsp3) is 0. The van der Waals surface area contributed by atoms with Gasteiger partial charge in [0.25, 0.3) is 0 Å². The van der Waals surface area contributed by atoms with Crippen molar-refractivity contribution < 1.29 is 0 Å². The largest absolute Gasteiger partial charge is 0.244 e. The van der Waals surface area contributed by atoms with Crippen LogP contribution in [0.25, 0.3) is 21.3 Å². The number of benzene rings is 2. The molecule has 0 spiro atoms. The van der Waals surface area contributed by atoms with Gasteiger partial charge in [0.05, 0.1) is 15.7 Å². The van der Waals surface area contributed by atoms with Crippen LogP contribution in [0.4, 0.5) is 0 Å². The van der Waals surface area contributed by atoms with Crippen molar-refractivity contribution in [3.8, 4) is 11.1 Å². The highest BCUT2D eigenvalue weighted by atomic mass is 32.1. The smallest absolute Gasteiger partial charge is 0.0850 e. The maximum atomic E-state index is 4.36. The van der Waals surface area contributed by atoms with E-state index in [1.54, 1.807) is 11.3 Å². The van der Waals surface area contributed by atoms with E-state index in [-0.39, 0.29) is 0 Å². The second-order valence-electron chi connectivity index (χ2n) is 3.66. The van der Waals surface area contributed by atoms with Gasteiger partial charge in [0.15, 0.2) is 0 Å². The molecule has 16 heavy (non-hydrogen) atoms. The Morgan fingerprint density at radius 2 is 1.81 bits per heavy atom. The Hall–Kier alpha value is -1.67. The second kappa shape index (κ2) is 3.72. The Kier molecular flexibility index (Phi) is 2.22. The standard InChI is InChI=1S/C14H10NS/c1-10-12(11-5-3-2-4-6-11)7-8-13-14(10)15-9-16-13/h2-9H,1H2. The zero-order chi connectivity index (χ0) is 11.0. The minimum Gasteiger partial charge on any atom is -0.244 e. The third-order valence-corrected chi connectivity index (χ3v) is 3.49. The molecule has 77 valence electrons. The molecule has 1 radical (unpaired) electrons. The molecular formula is C14H10NS. The molecule has 0 amide bonds. The summed E-state index contributed by atoms with van der Waals surface area (Å²) in [5.41, 5.74) is 6.27. The molecule has 1 heterocycles. The van der Waals surface area contributed by atoms with Gasteiger partial charge in [-0.05, 0) is 29.7 Å². The van der Waals surface area contributed by atoms with Gasteiger partial charge in [0, 0.05) is 0 Å². The van der Waals surface area contributed by atoms with Crippen molar-refractivity contribution in [1.29, 1.82) is 0 Å². The van der Waals surface area contributed by atoms with E-state index < -0.39 is 0 Å². The van der Waals surface area contributed by atoms with Crippen LogP contribution < -0.4 is 0 Å². The molecular weight excluding hydrogens is 214 g/mol. The van der Waals surface area contributed by atoms with Crippen LogP contribution in [0, 0.1) is 6.92 Å². The summed E-state index contributed by atoms with van der Waals surface area (Å²) in [5, 5.41) is 0. The third kappa shape index (κ3) is 1.42. The quantitative estimate of drug-likeness (QED) is 0.605. The average Bonchev–Trinajstić information content (AvgIpc) is 2.80. The summed E-state index contributed by atoms with van der Waals surface area (Å²) in [6.07, 6.45) is 0. The summed E-state index contributed by atoms with van der Waals surface area (Å²) in [5.74, 6) is 0. The number of hydrogen-bond donors (Lipinski definition) is 0. The van der Waals surface area contributed by atoms with Crippen molar-refractivity contribution in [1.82, 2.24) is 4.98 Å². The van der Waals surface area contributed by atoms with Gasteiger partial charge in [0.2, 0.25) is 0 Å². The fourth-order valence-corrected chi connectivity index (χ4v) is 2.58. The van der Waals surface area contributed by atoms with E-state index >= 15 is 0 Å². The van der Waals surface area contributed by atoms with Gasteiger partial charge >= 0.3 is 0 Å². The van der Waals surface area contributed by atoms with Gasteiger partial charge in [0.1, 0.15) is 0 Å². The molecule has 0 fully saturated rings. The molecule has 0 bridgehead atoms. The zero-order valence-electron chi connectivity index (χ0n) is 8.68. The van der Waals surface area contributed by atoms with Gasteiger partial charge in [-0.2, -0.15) is 0 Å². The first-order valence-electron chi connectivity index (χ1n) is 5.10. The maximum absolute atomic E-state index is 4.36. The molecule has 2 heteroatoms. The summed E-state index contributed by atoms with van der Waals surface area (Å²) in [6, 6.07) is 14.5. The molecule has 0 N–H and O–H groups in total. The Bertz CT molecular complexity index is 626. The predicted molar refractivity (Wildman–Crippen MR) is 69.5 cm³/mol. The van der Waals surface area contributed by atoms with E-state index in [1.807, 2.05) is 23.7 Å². The molecule has 0 aliphatic heterocycles. The lowest BCUT2D eigenvalue weighted by molar-refractivity contribution is 1.47. The third-order valence-electron chi connectivity index (χ3n) is 2.69. The molecule has 0 aliphatic carbocycles. The van der Waals surface area contributed by atoms with Crippen molar-refractivity contribution in [2.75, 3.05) is 0 Å². The van der Waals surface area contributed by atoms with Crippen LogP contribution in [0.5, 0.6) is 0 Å². The molecule has 3 aromatic rings. The van der Waals surface area contributed by atoms with Crippen molar-refractivity contribution >= 4 is 21.6 Å². The molecule has 0 saturated heterocycles. The Balaban J connectivity index is 2.28. The van der Waals surface area contributed by atoms with Crippen LogP contribution in [0.15, 0.2) is 48.0 Å². The van der Waals surface area contributed by atoms with Crippen LogP contribution in [0.2, 0.25) is 0 Å². The van der Waals surface area contributed by atoms with Gasteiger partial charge in [-0.15, -0.1) is 11.3 Å². The first-order chi connectivity index (χ1) is 7.86. The average molecular weight is 224 g/mol. The van der Waals surface area contributed by atoms with E-state index in [0.717, 1.165) is 11.1 Å². The Morgan fingerprint density at radius 3 is 2.62 bits per heavy atom. The highest BCUT2D eigenvalue weighted by Crippen LogP contribution is 2.30. The van der Waals surface area contributed by atoms with Gasteiger partial charge in [-0.3, -0.25) is 0 Å².